The van der Waals surface area contributed by atoms with E-state index in [-0.39, 0.29) is 17.8 Å². The van der Waals surface area contributed by atoms with Crippen molar-refractivity contribution in [3.63, 3.8) is 0 Å². The molecule has 1 aliphatic heterocycles. The molecule has 0 radical (unpaired) electrons. The Hall–Kier alpha value is -3.00. The third-order valence-electron chi connectivity index (χ3n) is 5.13. The molecular formula is C21H24FN3O4. The van der Waals surface area contributed by atoms with Crippen LogP contribution in [0.5, 0.6) is 5.75 Å². The fraction of sp³-hybridized carbons (Fsp3) is 0.381. The summed E-state index contributed by atoms with van der Waals surface area (Å²) in [6.07, 6.45) is 0.793. The number of nitro groups is 1. The Kier molecular flexibility index (Phi) is 6.77. The van der Waals surface area contributed by atoms with E-state index >= 15 is 0 Å². The van der Waals surface area contributed by atoms with Crippen molar-refractivity contribution >= 4 is 17.2 Å². The molecule has 0 spiro atoms. The van der Waals surface area contributed by atoms with Crippen LogP contribution in [0.15, 0.2) is 42.5 Å². The number of benzene rings is 2. The van der Waals surface area contributed by atoms with E-state index in [2.05, 4.69) is 9.80 Å². The molecule has 2 aromatic carbocycles. The van der Waals surface area contributed by atoms with Crippen LogP contribution in [0, 0.1) is 15.9 Å². The van der Waals surface area contributed by atoms with Gasteiger partial charge in [0.05, 0.1) is 29.4 Å². The standard InChI is InChI=1S/C21H24FN3O4/c1-29-21-7-3-2-5-18(21)24-13-11-23(12-14-24)10-4-6-20(26)17-9-8-16(22)15-19(17)25(27)28/h2-3,5,7-9,15H,4,6,10-14H2,1H3. The number of halogens is 1. The molecular weight excluding hydrogens is 377 g/mol. The predicted octanol–water partition coefficient (Wildman–Crippen LogP) is 3.53. The van der Waals surface area contributed by atoms with Gasteiger partial charge in [-0.2, -0.15) is 0 Å². The van der Waals surface area contributed by atoms with Crippen molar-refractivity contribution in [1.29, 1.82) is 0 Å². The summed E-state index contributed by atoms with van der Waals surface area (Å²) in [5.74, 6) is -0.196. The third kappa shape index (κ3) is 5.08. The molecule has 3 rings (SSSR count). The molecule has 0 atom stereocenters. The van der Waals surface area contributed by atoms with Crippen LogP contribution in [-0.2, 0) is 0 Å². The summed E-state index contributed by atoms with van der Waals surface area (Å²) in [6, 6.07) is 11.0. The Morgan fingerprint density at radius 1 is 1.17 bits per heavy atom. The van der Waals surface area contributed by atoms with Gasteiger partial charge in [-0.1, -0.05) is 12.1 Å². The Balaban J connectivity index is 1.49. The number of Topliss-reactive ketones (excluding diaryl/α,β-unsaturated/α-hetero) is 1. The highest BCUT2D eigenvalue weighted by atomic mass is 19.1. The molecule has 0 amide bonds. The zero-order valence-corrected chi connectivity index (χ0v) is 16.3. The lowest BCUT2D eigenvalue weighted by Gasteiger charge is -2.36. The lowest BCUT2D eigenvalue weighted by molar-refractivity contribution is -0.385. The Morgan fingerprint density at radius 3 is 2.59 bits per heavy atom. The van der Waals surface area contributed by atoms with Crippen LogP contribution in [0.1, 0.15) is 23.2 Å². The van der Waals surface area contributed by atoms with Crippen LogP contribution in [0.25, 0.3) is 0 Å². The van der Waals surface area contributed by atoms with Gasteiger partial charge in [-0.3, -0.25) is 19.8 Å². The number of piperazine rings is 1. The third-order valence-corrected chi connectivity index (χ3v) is 5.13. The van der Waals surface area contributed by atoms with Crippen LogP contribution in [0.2, 0.25) is 0 Å². The first-order valence-corrected chi connectivity index (χ1v) is 9.57. The molecule has 29 heavy (non-hydrogen) atoms. The zero-order chi connectivity index (χ0) is 20.8. The molecule has 0 aliphatic carbocycles. The number of nitrogens with zero attached hydrogens (tertiary/aromatic N) is 3. The second-order valence-corrected chi connectivity index (χ2v) is 6.95. The van der Waals surface area contributed by atoms with Gasteiger partial charge in [0.15, 0.2) is 5.78 Å². The smallest absolute Gasteiger partial charge is 0.283 e. The minimum Gasteiger partial charge on any atom is -0.495 e. The van der Waals surface area contributed by atoms with E-state index in [0.29, 0.717) is 6.42 Å². The average Bonchev–Trinajstić information content (AvgIpc) is 2.74. The number of methoxy groups -OCH3 is 1. The van der Waals surface area contributed by atoms with Gasteiger partial charge in [0.2, 0.25) is 0 Å². The monoisotopic (exact) mass is 401 g/mol. The van der Waals surface area contributed by atoms with Crippen molar-refractivity contribution in [2.45, 2.75) is 12.8 Å². The van der Waals surface area contributed by atoms with Gasteiger partial charge in [0.1, 0.15) is 11.6 Å². The van der Waals surface area contributed by atoms with Gasteiger partial charge in [-0.25, -0.2) is 4.39 Å². The average molecular weight is 401 g/mol. The van der Waals surface area contributed by atoms with Crippen molar-refractivity contribution < 1.29 is 18.8 Å². The summed E-state index contributed by atoms with van der Waals surface area (Å²) >= 11 is 0. The first kappa shape index (κ1) is 20.7. The first-order chi connectivity index (χ1) is 14.0. The van der Waals surface area contributed by atoms with E-state index in [1.165, 1.54) is 6.07 Å². The van der Waals surface area contributed by atoms with Crippen molar-refractivity contribution in [2.75, 3.05) is 44.7 Å². The minimum absolute atomic E-state index is 0.0302. The fourth-order valence-electron chi connectivity index (χ4n) is 3.59. The summed E-state index contributed by atoms with van der Waals surface area (Å²) < 4.78 is 18.7. The lowest BCUT2D eigenvalue weighted by Crippen LogP contribution is -2.46. The second kappa shape index (κ2) is 9.47. The van der Waals surface area contributed by atoms with Crippen LogP contribution < -0.4 is 9.64 Å². The highest BCUT2D eigenvalue weighted by molar-refractivity contribution is 5.99. The van der Waals surface area contributed by atoms with Gasteiger partial charge < -0.3 is 9.64 Å². The minimum atomic E-state index is -0.721. The number of hydrogen-bond donors (Lipinski definition) is 0. The molecule has 8 heteroatoms. The molecule has 1 aliphatic rings. The maximum Gasteiger partial charge on any atom is 0.283 e. The maximum absolute atomic E-state index is 13.2. The number of carbonyl (C=O) groups is 1. The number of hydrogen-bond acceptors (Lipinski definition) is 6. The van der Waals surface area contributed by atoms with Gasteiger partial charge in [0, 0.05) is 32.6 Å². The Bertz CT molecular complexity index is 882. The topological polar surface area (TPSA) is 75.9 Å². The quantitative estimate of drug-likeness (QED) is 0.383. The van der Waals surface area contributed by atoms with E-state index in [4.69, 9.17) is 4.74 Å². The molecule has 0 N–H and O–H groups in total. The number of ketones is 1. The molecule has 0 unspecified atom stereocenters. The van der Waals surface area contributed by atoms with Crippen LogP contribution in [-0.4, -0.2) is 55.4 Å². The molecule has 1 fully saturated rings. The molecule has 2 aromatic rings. The first-order valence-electron chi connectivity index (χ1n) is 9.57. The lowest BCUT2D eigenvalue weighted by atomic mass is 10.0. The Labute approximate surface area is 168 Å². The molecule has 0 bridgehead atoms. The Morgan fingerprint density at radius 2 is 1.90 bits per heavy atom. The number of anilines is 1. The van der Waals surface area contributed by atoms with E-state index in [1.807, 2.05) is 24.3 Å². The van der Waals surface area contributed by atoms with Gasteiger partial charge in [0.25, 0.3) is 5.69 Å². The van der Waals surface area contributed by atoms with Gasteiger partial charge >= 0.3 is 0 Å². The molecule has 0 aromatic heterocycles. The van der Waals surface area contributed by atoms with Crippen molar-refractivity contribution in [2.24, 2.45) is 0 Å². The molecule has 154 valence electrons. The number of para-hydroxylation sites is 2. The maximum atomic E-state index is 13.2. The number of ether oxygens (including phenoxy) is 1. The van der Waals surface area contributed by atoms with E-state index in [9.17, 15) is 19.3 Å². The molecule has 7 nitrogen and oxygen atoms in total. The summed E-state index contributed by atoms with van der Waals surface area (Å²) in [7, 11) is 1.66. The molecule has 0 saturated carbocycles. The van der Waals surface area contributed by atoms with Crippen molar-refractivity contribution in [3.8, 4) is 5.75 Å². The summed E-state index contributed by atoms with van der Waals surface area (Å²) in [5.41, 5.74) is 0.575. The van der Waals surface area contributed by atoms with E-state index < -0.39 is 16.4 Å². The fourth-order valence-corrected chi connectivity index (χ4v) is 3.59. The molecule has 1 saturated heterocycles. The highest BCUT2D eigenvalue weighted by Crippen LogP contribution is 2.28. The van der Waals surface area contributed by atoms with E-state index in [0.717, 1.165) is 56.3 Å². The molecule has 1 heterocycles. The largest absolute Gasteiger partial charge is 0.495 e. The summed E-state index contributed by atoms with van der Waals surface area (Å²) in [5, 5.41) is 11.1. The van der Waals surface area contributed by atoms with Crippen LogP contribution >= 0.6 is 0 Å². The predicted molar refractivity (Wildman–Crippen MR) is 108 cm³/mol. The summed E-state index contributed by atoms with van der Waals surface area (Å²) in [4.78, 5) is 27.3. The van der Waals surface area contributed by atoms with Crippen molar-refractivity contribution in [1.82, 2.24) is 4.90 Å². The van der Waals surface area contributed by atoms with Gasteiger partial charge in [-0.15, -0.1) is 0 Å². The van der Waals surface area contributed by atoms with Gasteiger partial charge in [-0.05, 0) is 37.2 Å². The number of carbonyl (C=O) groups excluding carboxylic acids is 1. The highest BCUT2D eigenvalue weighted by Gasteiger charge is 2.22. The second-order valence-electron chi connectivity index (χ2n) is 6.95. The van der Waals surface area contributed by atoms with Crippen LogP contribution in [0.3, 0.4) is 0 Å². The normalized spacial score (nSPS) is 14.6. The van der Waals surface area contributed by atoms with Crippen molar-refractivity contribution in [3.05, 3.63) is 64.0 Å². The zero-order valence-electron chi connectivity index (χ0n) is 16.3. The SMILES string of the molecule is COc1ccccc1N1CCN(CCCC(=O)c2ccc(F)cc2[N+](=O)[O-])CC1. The van der Waals surface area contributed by atoms with Crippen LogP contribution in [0.4, 0.5) is 15.8 Å². The summed E-state index contributed by atoms with van der Waals surface area (Å²) in [6.45, 7) is 4.18. The number of rotatable bonds is 8. The number of nitro benzene ring substituents is 1. The van der Waals surface area contributed by atoms with E-state index in [1.54, 1.807) is 7.11 Å².